The van der Waals surface area contributed by atoms with Gasteiger partial charge in [0.25, 0.3) is 0 Å². The molecule has 0 spiro atoms. The molecule has 5 heteroatoms. The van der Waals surface area contributed by atoms with E-state index in [4.69, 9.17) is 20.9 Å². The van der Waals surface area contributed by atoms with Crippen molar-refractivity contribution in [3.63, 3.8) is 0 Å². The molecule has 6 aliphatic rings. The topological polar surface area (TPSA) is 18.5 Å². The third-order valence-corrected chi connectivity index (χ3v) is 19.7. The Balaban J connectivity index is 1.10. The van der Waals surface area contributed by atoms with Crippen LogP contribution in [0.25, 0.3) is 0 Å². The lowest BCUT2D eigenvalue weighted by atomic mass is 9.47. The second-order valence-corrected chi connectivity index (χ2v) is 23.3. The van der Waals surface area contributed by atoms with E-state index in [9.17, 15) is 0 Å². The zero-order valence-electron chi connectivity index (χ0n) is 28.0. The van der Waals surface area contributed by atoms with E-state index in [1.165, 1.54) is 69.8 Å². The highest BCUT2D eigenvalue weighted by molar-refractivity contribution is 8.68. The molecule has 12 atom stereocenters. The van der Waals surface area contributed by atoms with Crippen molar-refractivity contribution in [3.8, 4) is 0 Å². The van der Waals surface area contributed by atoms with Gasteiger partial charge in [0, 0.05) is 5.25 Å². The standard InChI is InChI=1S/C37H61O2PS2/c1-24(2)10-9-11-26(5)31-14-15-32-30-13-12-28-23-29(17-19-35(28,6)33(30)18-20-36(31,32)7)38-40(41)39-37(8)21-16-27(25(3)4)22-34(37)42-40/h12,24,26-27,29-34H,3,9-11,13-23H2,1-2,4-8H3/t26-,27+,29+,30+,31-,32?,33?,34-,35+,36-,37-,40?/m1/s1. The summed E-state index contributed by atoms with van der Waals surface area (Å²) >= 11 is 8.12. The van der Waals surface area contributed by atoms with Crippen molar-refractivity contribution in [2.24, 2.45) is 52.3 Å². The van der Waals surface area contributed by atoms with Crippen LogP contribution in [-0.4, -0.2) is 17.0 Å². The Bertz CT molecular complexity index is 1120. The first-order valence-electron chi connectivity index (χ1n) is 17.8. The van der Waals surface area contributed by atoms with E-state index in [1.807, 2.05) is 11.4 Å². The maximum absolute atomic E-state index is 6.90. The van der Waals surface area contributed by atoms with E-state index in [0.29, 0.717) is 22.0 Å². The van der Waals surface area contributed by atoms with Crippen LogP contribution < -0.4 is 0 Å². The van der Waals surface area contributed by atoms with Crippen molar-refractivity contribution in [1.29, 1.82) is 0 Å². The minimum atomic E-state index is -2.33. The molecule has 4 saturated carbocycles. The van der Waals surface area contributed by atoms with Gasteiger partial charge in [0.15, 0.2) is 0 Å². The predicted molar refractivity (Wildman–Crippen MR) is 185 cm³/mol. The van der Waals surface area contributed by atoms with Crippen LogP contribution in [0, 0.1) is 52.3 Å². The maximum Gasteiger partial charge on any atom is 0.248 e. The predicted octanol–water partition coefficient (Wildman–Crippen LogP) is 11.9. The summed E-state index contributed by atoms with van der Waals surface area (Å²) in [5, 5.41) is 0.451. The van der Waals surface area contributed by atoms with Gasteiger partial charge in [-0.25, -0.2) is 0 Å². The molecule has 42 heavy (non-hydrogen) atoms. The quantitative estimate of drug-likeness (QED) is 0.196. The first-order chi connectivity index (χ1) is 19.8. The zero-order chi connectivity index (χ0) is 30.1. The second-order valence-electron chi connectivity index (χ2n) is 17.0. The summed E-state index contributed by atoms with van der Waals surface area (Å²) in [4.78, 5) is 0. The van der Waals surface area contributed by atoms with E-state index in [1.54, 1.807) is 5.57 Å². The van der Waals surface area contributed by atoms with Crippen molar-refractivity contribution in [2.45, 2.75) is 155 Å². The summed E-state index contributed by atoms with van der Waals surface area (Å²) in [6.45, 7) is 21.5. The monoisotopic (exact) mass is 632 g/mol. The van der Waals surface area contributed by atoms with Gasteiger partial charge in [0.2, 0.25) is 5.69 Å². The van der Waals surface area contributed by atoms with E-state index in [0.717, 1.165) is 61.2 Å². The molecule has 0 aromatic carbocycles. The third kappa shape index (κ3) is 5.75. The smallest absolute Gasteiger partial charge is 0.248 e. The van der Waals surface area contributed by atoms with Crippen LogP contribution >= 0.6 is 17.1 Å². The molecule has 2 nitrogen and oxygen atoms in total. The lowest BCUT2D eigenvalue weighted by Crippen LogP contribution is -2.50. The number of allylic oxidation sites excluding steroid dienone is 2. The third-order valence-electron chi connectivity index (χ3n) is 14.0. The summed E-state index contributed by atoms with van der Waals surface area (Å²) in [7, 11) is 0. The van der Waals surface area contributed by atoms with Gasteiger partial charge in [-0.15, -0.1) is 0 Å². The SMILES string of the molecule is C=C(C)[C@H]1CC[C@@]2(C)OP(=S)(O[C@H]3CC[C@@]4(C)C(=CC[C@@H]5C4CC[C@@]4(C)C5CC[C@@H]4[C@H](C)CCCC(C)C)C3)S[C@@H]2C1. The minimum absolute atomic E-state index is 0.119. The van der Waals surface area contributed by atoms with Crippen molar-refractivity contribution in [1.82, 2.24) is 0 Å². The van der Waals surface area contributed by atoms with Crippen LogP contribution in [0.5, 0.6) is 0 Å². The van der Waals surface area contributed by atoms with Crippen molar-refractivity contribution in [3.05, 3.63) is 23.8 Å². The Kier molecular flexibility index (Phi) is 9.15. The normalized spacial score (nSPS) is 49.0. The molecule has 1 aliphatic heterocycles. The molecule has 1 saturated heterocycles. The molecule has 0 bridgehead atoms. The van der Waals surface area contributed by atoms with Crippen LogP contribution in [0.4, 0.5) is 0 Å². The van der Waals surface area contributed by atoms with Crippen LogP contribution in [-0.2, 0) is 20.9 Å². The Labute approximate surface area is 268 Å². The summed E-state index contributed by atoms with van der Waals surface area (Å²) in [5.74, 6) is 5.94. The fourth-order valence-electron chi connectivity index (χ4n) is 11.4. The highest BCUT2D eigenvalue weighted by atomic mass is 32.9. The van der Waals surface area contributed by atoms with Gasteiger partial charge in [-0.05, 0) is 149 Å². The number of fused-ring (bicyclic) bond motifs is 6. The van der Waals surface area contributed by atoms with Crippen LogP contribution in [0.1, 0.15) is 138 Å². The first-order valence-corrected chi connectivity index (χ1v) is 21.9. The number of hydrogen-bond donors (Lipinski definition) is 0. The van der Waals surface area contributed by atoms with Crippen LogP contribution in [0.3, 0.4) is 0 Å². The lowest BCUT2D eigenvalue weighted by molar-refractivity contribution is -0.0563. The Hall–Kier alpha value is 0.400. The minimum Gasteiger partial charge on any atom is -0.318 e. The second kappa shape index (κ2) is 11.9. The van der Waals surface area contributed by atoms with Crippen molar-refractivity contribution in [2.75, 3.05) is 0 Å². The Morgan fingerprint density at radius 2 is 1.86 bits per heavy atom. The van der Waals surface area contributed by atoms with Gasteiger partial charge in [0.05, 0.1) is 11.7 Å². The van der Waals surface area contributed by atoms with E-state index in [2.05, 4.69) is 61.1 Å². The van der Waals surface area contributed by atoms with Crippen molar-refractivity contribution >= 4 is 28.9 Å². The highest BCUT2D eigenvalue weighted by Gasteiger charge is 2.60. The van der Waals surface area contributed by atoms with Gasteiger partial charge < -0.3 is 9.05 Å². The molecule has 238 valence electrons. The molecule has 5 fully saturated rings. The first kappa shape index (κ1) is 32.3. The molecule has 6 rings (SSSR count). The number of hydrogen-bond acceptors (Lipinski definition) is 4. The van der Waals surface area contributed by atoms with E-state index < -0.39 is 5.69 Å². The largest absolute Gasteiger partial charge is 0.318 e. The summed E-state index contributed by atoms with van der Waals surface area (Å²) in [6, 6.07) is 0. The lowest BCUT2D eigenvalue weighted by Gasteiger charge is -2.58. The van der Waals surface area contributed by atoms with Gasteiger partial charge in [-0.3, -0.25) is 0 Å². The summed E-state index contributed by atoms with van der Waals surface area (Å²) < 4.78 is 13.7. The molecule has 0 radical (unpaired) electrons. The Morgan fingerprint density at radius 3 is 2.60 bits per heavy atom. The summed E-state index contributed by atoms with van der Waals surface area (Å²) in [6.07, 6.45) is 21.2. The van der Waals surface area contributed by atoms with Gasteiger partial charge >= 0.3 is 0 Å². The molecular formula is C37H61O2PS2. The average molecular weight is 633 g/mol. The van der Waals surface area contributed by atoms with Crippen molar-refractivity contribution < 1.29 is 9.05 Å². The molecule has 0 aromatic rings. The molecular weight excluding hydrogens is 572 g/mol. The van der Waals surface area contributed by atoms with Crippen LogP contribution in [0.15, 0.2) is 23.8 Å². The molecule has 0 aromatic heterocycles. The summed E-state index contributed by atoms with van der Waals surface area (Å²) in [5.41, 5.74) is 1.50. The number of rotatable bonds is 8. The van der Waals surface area contributed by atoms with E-state index in [-0.39, 0.29) is 11.7 Å². The molecule has 3 unspecified atom stereocenters. The molecule has 1 heterocycles. The fourth-order valence-corrected chi connectivity index (χ4v) is 18.7. The van der Waals surface area contributed by atoms with Crippen LogP contribution in [0.2, 0.25) is 0 Å². The fraction of sp³-hybridized carbons (Fsp3) is 0.892. The molecule has 0 amide bonds. The van der Waals surface area contributed by atoms with Gasteiger partial charge in [-0.1, -0.05) is 89.1 Å². The van der Waals surface area contributed by atoms with E-state index >= 15 is 0 Å². The average Bonchev–Trinajstić information content (AvgIpc) is 3.40. The molecule has 5 aliphatic carbocycles. The van der Waals surface area contributed by atoms with Gasteiger partial charge in [0.1, 0.15) is 0 Å². The van der Waals surface area contributed by atoms with Gasteiger partial charge in [-0.2, -0.15) is 0 Å². The molecule has 0 N–H and O–H groups in total. The zero-order valence-corrected chi connectivity index (χ0v) is 30.5. The Morgan fingerprint density at radius 1 is 1.07 bits per heavy atom. The highest BCUT2D eigenvalue weighted by Crippen LogP contribution is 2.76. The maximum atomic E-state index is 6.90.